The minimum Gasteiger partial charge on any atom is -0.310 e. The van der Waals surface area contributed by atoms with Gasteiger partial charge in [0, 0.05) is 25.0 Å². The second-order valence-electron chi connectivity index (χ2n) is 4.79. The molecule has 1 saturated carbocycles. The molecule has 0 spiro atoms. The molecule has 3 nitrogen and oxygen atoms in total. The first-order valence-electron chi connectivity index (χ1n) is 6.26. The summed E-state index contributed by atoms with van der Waals surface area (Å²) in [5.41, 5.74) is 2.22. The molecule has 94 valence electrons. The summed E-state index contributed by atoms with van der Waals surface area (Å²) >= 11 is 6.35. The van der Waals surface area contributed by atoms with Crippen LogP contribution in [-0.4, -0.2) is 15.6 Å². The van der Waals surface area contributed by atoms with Crippen LogP contribution in [0.2, 0.25) is 5.02 Å². The highest BCUT2D eigenvalue weighted by atomic mass is 35.5. The van der Waals surface area contributed by atoms with E-state index < -0.39 is 0 Å². The first-order valence-corrected chi connectivity index (χ1v) is 6.64. The molecule has 0 bridgehead atoms. The SMILES string of the molecule is Cc1nccn1-c1ccc(CNC2CC2)cc1Cl. The molecule has 1 aromatic carbocycles. The minimum absolute atomic E-state index is 0.722. The van der Waals surface area contributed by atoms with Gasteiger partial charge >= 0.3 is 0 Å². The van der Waals surface area contributed by atoms with Gasteiger partial charge in [-0.25, -0.2) is 4.98 Å². The van der Waals surface area contributed by atoms with Gasteiger partial charge in [-0.3, -0.25) is 0 Å². The van der Waals surface area contributed by atoms with Gasteiger partial charge in [-0.15, -0.1) is 0 Å². The van der Waals surface area contributed by atoms with Crippen LogP contribution in [0, 0.1) is 6.92 Å². The summed E-state index contributed by atoms with van der Waals surface area (Å²) < 4.78 is 2.00. The average molecular weight is 262 g/mol. The van der Waals surface area contributed by atoms with Crippen molar-refractivity contribution in [1.29, 1.82) is 0 Å². The van der Waals surface area contributed by atoms with Gasteiger partial charge in [-0.2, -0.15) is 0 Å². The Morgan fingerprint density at radius 3 is 2.89 bits per heavy atom. The van der Waals surface area contributed by atoms with Gasteiger partial charge in [0.15, 0.2) is 0 Å². The van der Waals surface area contributed by atoms with Crippen molar-refractivity contribution < 1.29 is 0 Å². The van der Waals surface area contributed by atoms with Gasteiger partial charge in [0.05, 0.1) is 10.7 Å². The van der Waals surface area contributed by atoms with Crippen LogP contribution in [0.25, 0.3) is 5.69 Å². The molecule has 0 saturated heterocycles. The van der Waals surface area contributed by atoms with Crippen molar-refractivity contribution in [3.63, 3.8) is 0 Å². The van der Waals surface area contributed by atoms with Crippen molar-refractivity contribution in [2.75, 3.05) is 0 Å². The van der Waals surface area contributed by atoms with Crippen molar-refractivity contribution in [2.45, 2.75) is 32.4 Å². The molecule has 1 fully saturated rings. The van der Waals surface area contributed by atoms with Crippen LogP contribution in [0.5, 0.6) is 0 Å². The number of imidazole rings is 1. The van der Waals surface area contributed by atoms with E-state index in [2.05, 4.69) is 22.4 Å². The first-order chi connectivity index (χ1) is 8.74. The summed E-state index contributed by atoms with van der Waals surface area (Å²) in [4.78, 5) is 4.22. The molecule has 0 unspecified atom stereocenters. The van der Waals surface area contributed by atoms with E-state index in [0.29, 0.717) is 0 Å². The maximum Gasteiger partial charge on any atom is 0.110 e. The fraction of sp³-hybridized carbons (Fsp3) is 0.357. The number of aryl methyl sites for hydroxylation is 1. The Bertz CT molecular complexity index is 558. The summed E-state index contributed by atoms with van der Waals surface area (Å²) in [5, 5.41) is 4.26. The summed E-state index contributed by atoms with van der Waals surface area (Å²) in [6.45, 7) is 2.87. The molecule has 2 aromatic rings. The van der Waals surface area contributed by atoms with Gasteiger partial charge in [-0.05, 0) is 37.5 Å². The lowest BCUT2D eigenvalue weighted by Crippen LogP contribution is -2.15. The Kier molecular flexibility index (Phi) is 3.10. The van der Waals surface area contributed by atoms with Crippen LogP contribution in [0.4, 0.5) is 0 Å². The van der Waals surface area contributed by atoms with E-state index in [0.717, 1.165) is 29.1 Å². The lowest BCUT2D eigenvalue weighted by molar-refractivity contribution is 0.687. The largest absolute Gasteiger partial charge is 0.310 e. The van der Waals surface area contributed by atoms with Gasteiger partial charge in [0.25, 0.3) is 0 Å². The highest BCUT2D eigenvalue weighted by molar-refractivity contribution is 6.32. The second-order valence-corrected chi connectivity index (χ2v) is 5.19. The maximum atomic E-state index is 6.35. The molecule has 1 N–H and O–H groups in total. The van der Waals surface area contributed by atoms with E-state index in [1.54, 1.807) is 6.20 Å². The first kappa shape index (κ1) is 11.8. The molecule has 1 heterocycles. The molecule has 0 radical (unpaired) electrons. The standard InChI is InChI=1S/C14H16ClN3/c1-10-16-6-7-18(10)14-5-2-11(8-13(14)15)9-17-12-3-4-12/h2,5-8,12,17H,3-4,9H2,1H3. The number of aromatic nitrogens is 2. The Balaban J connectivity index is 1.82. The third kappa shape index (κ3) is 2.42. The molecule has 1 aromatic heterocycles. The van der Waals surface area contributed by atoms with Crippen molar-refractivity contribution in [3.05, 3.63) is 47.0 Å². The zero-order chi connectivity index (χ0) is 12.5. The maximum absolute atomic E-state index is 6.35. The van der Waals surface area contributed by atoms with Crippen LogP contribution in [0.3, 0.4) is 0 Å². The summed E-state index contributed by atoms with van der Waals surface area (Å²) in [6, 6.07) is 6.93. The fourth-order valence-corrected chi connectivity index (χ4v) is 2.33. The highest BCUT2D eigenvalue weighted by Crippen LogP contribution is 2.24. The molecular weight excluding hydrogens is 246 g/mol. The third-order valence-corrected chi connectivity index (χ3v) is 3.57. The molecule has 0 atom stereocenters. The zero-order valence-electron chi connectivity index (χ0n) is 10.4. The van der Waals surface area contributed by atoms with Crippen molar-refractivity contribution in [2.24, 2.45) is 0 Å². The molecule has 3 rings (SSSR count). The summed E-state index contributed by atoms with van der Waals surface area (Å²) in [6.07, 6.45) is 6.33. The Hall–Kier alpha value is -1.32. The topological polar surface area (TPSA) is 29.9 Å². The predicted molar refractivity (Wildman–Crippen MR) is 73.2 cm³/mol. The summed E-state index contributed by atoms with van der Waals surface area (Å²) in [5.74, 6) is 0.945. The van der Waals surface area contributed by atoms with Crippen molar-refractivity contribution in [1.82, 2.24) is 14.9 Å². The lowest BCUT2D eigenvalue weighted by Gasteiger charge is -2.10. The Labute approximate surface area is 112 Å². The molecule has 4 heteroatoms. The second kappa shape index (κ2) is 4.75. The number of benzene rings is 1. The molecular formula is C14H16ClN3. The fourth-order valence-electron chi connectivity index (χ4n) is 2.04. The minimum atomic E-state index is 0.722. The summed E-state index contributed by atoms with van der Waals surface area (Å²) in [7, 11) is 0. The zero-order valence-corrected chi connectivity index (χ0v) is 11.1. The van der Waals surface area contributed by atoms with Gasteiger partial charge < -0.3 is 9.88 Å². The van der Waals surface area contributed by atoms with Gasteiger partial charge in [0.1, 0.15) is 5.82 Å². The van der Waals surface area contributed by atoms with E-state index in [9.17, 15) is 0 Å². The number of nitrogens with one attached hydrogen (secondary N) is 1. The number of nitrogens with zero attached hydrogens (tertiary/aromatic N) is 2. The quantitative estimate of drug-likeness (QED) is 0.917. The number of hydrogen-bond donors (Lipinski definition) is 1. The van der Waals surface area contributed by atoms with Gasteiger partial charge in [-0.1, -0.05) is 17.7 Å². The monoisotopic (exact) mass is 261 g/mol. The van der Waals surface area contributed by atoms with E-state index in [4.69, 9.17) is 11.6 Å². The van der Waals surface area contributed by atoms with E-state index in [1.807, 2.05) is 23.8 Å². The van der Waals surface area contributed by atoms with Gasteiger partial charge in [0.2, 0.25) is 0 Å². The molecule has 1 aliphatic rings. The Morgan fingerprint density at radius 1 is 1.44 bits per heavy atom. The van der Waals surface area contributed by atoms with E-state index >= 15 is 0 Å². The van der Waals surface area contributed by atoms with Crippen molar-refractivity contribution >= 4 is 11.6 Å². The molecule has 0 amide bonds. The molecule has 18 heavy (non-hydrogen) atoms. The number of rotatable bonds is 4. The highest BCUT2D eigenvalue weighted by Gasteiger charge is 2.20. The number of hydrogen-bond acceptors (Lipinski definition) is 2. The smallest absolute Gasteiger partial charge is 0.110 e. The van der Waals surface area contributed by atoms with E-state index in [1.165, 1.54) is 18.4 Å². The van der Waals surface area contributed by atoms with Crippen molar-refractivity contribution in [3.8, 4) is 5.69 Å². The predicted octanol–water partition coefficient (Wildman–Crippen LogP) is 3.09. The van der Waals surface area contributed by atoms with Crippen LogP contribution in [0.1, 0.15) is 24.2 Å². The van der Waals surface area contributed by atoms with Crippen LogP contribution < -0.4 is 5.32 Å². The molecule has 1 aliphatic carbocycles. The molecule has 0 aliphatic heterocycles. The third-order valence-electron chi connectivity index (χ3n) is 3.27. The number of halogens is 1. The van der Waals surface area contributed by atoms with Crippen LogP contribution >= 0.6 is 11.6 Å². The van der Waals surface area contributed by atoms with Crippen LogP contribution in [0.15, 0.2) is 30.6 Å². The Morgan fingerprint density at radius 2 is 2.28 bits per heavy atom. The van der Waals surface area contributed by atoms with E-state index in [-0.39, 0.29) is 0 Å². The van der Waals surface area contributed by atoms with Crippen LogP contribution in [-0.2, 0) is 6.54 Å². The lowest BCUT2D eigenvalue weighted by atomic mass is 10.2. The average Bonchev–Trinajstić information content (AvgIpc) is 3.09. The normalized spacial score (nSPS) is 15.0.